The highest BCUT2D eigenvalue weighted by Gasteiger charge is 2.35. The maximum absolute atomic E-state index is 13.2. The number of thioether (sulfide) groups is 1. The van der Waals surface area contributed by atoms with Gasteiger partial charge in [0.2, 0.25) is 0 Å². The molecule has 1 aliphatic rings. The molecule has 1 N–H and O–H groups in total. The largest absolute Gasteiger partial charge is 0.483 e. The SMILES string of the molecule is O=C(COc1ccc(Cl)cc1/C=C1\SC(=O)N(Cc2ccc(F)cc2)C1=O)Nc1ccc(Cl)cc1. The van der Waals surface area contributed by atoms with Gasteiger partial charge in [-0.25, -0.2) is 4.39 Å². The van der Waals surface area contributed by atoms with Crippen LogP contribution in [0.3, 0.4) is 0 Å². The lowest BCUT2D eigenvalue weighted by atomic mass is 10.1. The van der Waals surface area contributed by atoms with Crippen molar-refractivity contribution in [1.82, 2.24) is 4.90 Å². The summed E-state index contributed by atoms with van der Waals surface area (Å²) in [5, 5.41) is 3.18. The van der Waals surface area contributed by atoms with Crippen LogP contribution in [0.4, 0.5) is 14.9 Å². The van der Waals surface area contributed by atoms with Crippen LogP contribution in [0.25, 0.3) is 6.08 Å². The highest BCUT2D eigenvalue weighted by atomic mass is 35.5. The highest BCUT2D eigenvalue weighted by molar-refractivity contribution is 8.18. The summed E-state index contributed by atoms with van der Waals surface area (Å²) in [6, 6.07) is 16.9. The summed E-state index contributed by atoms with van der Waals surface area (Å²) in [6.07, 6.45) is 1.49. The van der Waals surface area contributed by atoms with E-state index in [0.717, 1.165) is 16.7 Å². The molecule has 1 fully saturated rings. The van der Waals surface area contributed by atoms with Crippen LogP contribution in [0, 0.1) is 5.82 Å². The van der Waals surface area contributed by atoms with Gasteiger partial charge in [-0.2, -0.15) is 0 Å². The first-order valence-electron chi connectivity index (χ1n) is 10.3. The van der Waals surface area contributed by atoms with Crippen molar-refractivity contribution in [3.05, 3.63) is 98.6 Å². The van der Waals surface area contributed by atoms with Gasteiger partial charge >= 0.3 is 0 Å². The maximum Gasteiger partial charge on any atom is 0.293 e. The summed E-state index contributed by atoms with van der Waals surface area (Å²) in [4.78, 5) is 38.9. The van der Waals surface area contributed by atoms with E-state index in [-0.39, 0.29) is 18.1 Å². The fraction of sp³-hybridized carbons (Fsp3) is 0.0800. The minimum Gasteiger partial charge on any atom is -0.483 e. The Bertz CT molecular complexity index is 1310. The molecule has 10 heteroatoms. The molecule has 178 valence electrons. The minimum absolute atomic E-state index is 0.0199. The molecule has 0 atom stereocenters. The number of carbonyl (C=O) groups is 3. The van der Waals surface area contributed by atoms with Crippen molar-refractivity contribution in [2.45, 2.75) is 6.54 Å². The van der Waals surface area contributed by atoms with Crippen LogP contribution in [-0.4, -0.2) is 28.6 Å². The smallest absolute Gasteiger partial charge is 0.293 e. The summed E-state index contributed by atoms with van der Waals surface area (Å²) in [7, 11) is 0. The molecule has 0 aromatic heterocycles. The number of rotatable bonds is 7. The van der Waals surface area contributed by atoms with E-state index in [1.165, 1.54) is 30.3 Å². The van der Waals surface area contributed by atoms with Crippen LogP contribution in [-0.2, 0) is 16.1 Å². The summed E-state index contributed by atoms with van der Waals surface area (Å²) < 4.78 is 18.8. The molecule has 1 saturated heterocycles. The van der Waals surface area contributed by atoms with Crippen LogP contribution < -0.4 is 10.1 Å². The number of nitrogens with zero attached hydrogens (tertiary/aromatic N) is 1. The third-order valence-electron chi connectivity index (χ3n) is 4.87. The minimum atomic E-state index is -0.490. The molecular weight excluding hydrogens is 514 g/mol. The maximum atomic E-state index is 13.2. The molecule has 35 heavy (non-hydrogen) atoms. The Hall–Kier alpha value is -3.33. The molecule has 3 aromatic carbocycles. The fourth-order valence-corrected chi connectivity index (χ4v) is 4.32. The summed E-state index contributed by atoms with van der Waals surface area (Å²) in [5.41, 5.74) is 1.62. The van der Waals surface area contributed by atoms with Gasteiger partial charge in [0.05, 0.1) is 11.4 Å². The second-order valence-electron chi connectivity index (χ2n) is 7.42. The van der Waals surface area contributed by atoms with Gasteiger partial charge in [-0.1, -0.05) is 35.3 Å². The van der Waals surface area contributed by atoms with Crippen molar-refractivity contribution < 1.29 is 23.5 Å². The van der Waals surface area contributed by atoms with Crippen LogP contribution in [0.2, 0.25) is 10.0 Å². The van der Waals surface area contributed by atoms with Crippen LogP contribution in [0.15, 0.2) is 71.6 Å². The van der Waals surface area contributed by atoms with Gasteiger partial charge in [0.1, 0.15) is 11.6 Å². The molecule has 0 bridgehead atoms. The van der Waals surface area contributed by atoms with Crippen molar-refractivity contribution in [2.24, 2.45) is 0 Å². The number of nitrogens with one attached hydrogen (secondary N) is 1. The molecule has 0 saturated carbocycles. The first kappa shape index (κ1) is 24.8. The monoisotopic (exact) mass is 530 g/mol. The van der Waals surface area contributed by atoms with Crippen LogP contribution >= 0.6 is 35.0 Å². The zero-order valence-electron chi connectivity index (χ0n) is 18.0. The molecule has 6 nitrogen and oxygen atoms in total. The highest BCUT2D eigenvalue weighted by Crippen LogP contribution is 2.35. The van der Waals surface area contributed by atoms with E-state index < -0.39 is 22.9 Å². The number of anilines is 1. The van der Waals surface area contributed by atoms with Crippen molar-refractivity contribution >= 4 is 63.8 Å². The molecular formula is C25H17Cl2FN2O4S. The van der Waals surface area contributed by atoms with E-state index in [1.807, 2.05) is 0 Å². The first-order valence-corrected chi connectivity index (χ1v) is 11.8. The molecule has 0 radical (unpaired) electrons. The third-order valence-corrected chi connectivity index (χ3v) is 6.27. The molecule has 0 unspecified atom stereocenters. The molecule has 3 amide bonds. The van der Waals surface area contributed by atoms with Gasteiger partial charge in [0.25, 0.3) is 17.1 Å². The van der Waals surface area contributed by atoms with Crippen molar-refractivity contribution in [3.63, 3.8) is 0 Å². The van der Waals surface area contributed by atoms with Crippen LogP contribution in [0.1, 0.15) is 11.1 Å². The average molecular weight is 531 g/mol. The number of carbonyl (C=O) groups excluding carboxylic acids is 3. The summed E-state index contributed by atoms with van der Waals surface area (Å²) in [6.45, 7) is -0.275. The number of imide groups is 1. The number of amides is 3. The molecule has 1 aliphatic heterocycles. The van der Waals surface area contributed by atoms with E-state index in [1.54, 1.807) is 42.5 Å². The lowest BCUT2D eigenvalue weighted by Gasteiger charge is -2.12. The Balaban J connectivity index is 1.47. The zero-order chi connectivity index (χ0) is 24.9. The Labute approximate surface area is 214 Å². The number of hydrogen-bond donors (Lipinski definition) is 1. The standard InChI is InChI=1S/C25H17Cl2FN2O4S/c26-17-3-8-20(9-4-17)29-23(31)14-34-21-10-5-18(27)11-16(21)12-22-24(32)30(25(33)35-22)13-15-1-6-19(28)7-2-15/h1-12H,13-14H2,(H,29,31)/b22-12-. The Morgan fingerprint density at radius 2 is 1.69 bits per heavy atom. The summed E-state index contributed by atoms with van der Waals surface area (Å²) in [5.74, 6) is -0.979. The van der Waals surface area contributed by atoms with Crippen molar-refractivity contribution in [2.75, 3.05) is 11.9 Å². The molecule has 1 heterocycles. The van der Waals surface area contributed by atoms with Gasteiger partial charge < -0.3 is 10.1 Å². The van der Waals surface area contributed by atoms with E-state index >= 15 is 0 Å². The summed E-state index contributed by atoms with van der Waals surface area (Å²) >= 11 is 12.7. The second-order valence-corrected chi connectivity index (χ2v) is 9.29. The van der Waals surface area contributed by atoms with Gasteiger partial charge in [-0.3, -0.25) is 19.3 Å². The Kier molecular flexibility index (Phi) is 7.75. The number of halogens is 3. The fourth-order valence-electron chi connectivity index (χ4n) is 3.19. The Morgan fingerprint density at radius 3 is 2.40 bits per heavy atom. The lowest BCUT2D eigenvalue weighted by Crippen LogP contribution is -2.27. The third kappa shape index (κ3) is 6.42. The number of hydrogen-bond acceptors (Lipinski definition) is 5. The van der Waals surface area contributed by atoms with E-state index in [2.05, 4.69) is 5.32 Å². The van der Waals surface area contributed by atoms with Gasteiger partial charge in [-0.15, -0.1) is 0 Å². The van der Waals surface area contributed by atoms with Crippen molar-refractivity contribution in [1.29, 1.82) is 0 Å². The predicted molar refractivity (Wildman–Crippen MR) is 135 cm³/mol. The van der Waals surface area contributed by atoms with Gasteiger partial charge in [0.15, 0.2) is 6.61 Å². The number of benzene rings is 3. The van der Waals surface area contributed by atoms with E-state index in [9.17, 15) is 18.8 Å². The Morgan fingerprint density at radius 1 is 1.00 bits per heavy atom. The van der Waals surface area contributed by atoms with E-state index in [0.29, 0.717) is 32.6 Å². The van der Waals surface area contributed by atoms with Crippen molar-refractivity contribution in [3.8, 4) is 5.75 Å². The second kappa shape index (κ2) is 10.9. The normalized spacial score (nSPS) is 14.5. The van der Waals surface area contributed by atoms with Crippen LogP contribution in [0.5, 0.6) is 5.75 Å². The number of ether oxygens (including phenoxy) is 1. The lowest BCUT2D eigenvalue weighted by molar-refractivity contribution is -0.123. The predicted octanol–water partition coefficient (Wildman–Crippen LogP) is 6.39. The van der Waals surface area contributed by atoms with Gasteiger partial charge in [0, 0.05) is 21.3 Å². The first-order chi connectivity index (χ1) is 16.8. The molecule has 3 aromatic rings. The van der Waals surface area contributed by atoms with Gasteiger partial charge in [-0.05, 0) is 78.0 Å². The molecule has 0 aliphatic carbocycles. The topological polar surface area (TPSA) is 75.7 Å². The molecule has 4 rings (SSSR count). The molecule has 0 spiro atoms. The quantitative estimate of drug-likeness (QED) is 0.358. The zero-order valence-corrected chi connectivity index (χ0v) is 20.3. The van der Waals surface area contributed by atoms with E-state index in [4.69, 9.17) is 27.9 Å². The average Bonchev–Trinajstić information content (AvgIpc) is 3.09.